The molecular weight excluding hydrogens is 267 g/mol. The van der Waals surface area contributed by atoms with Gasteiger partial charge in [0, 0.05) is 22.5 Å². The van der Waals surface area contributed by atoms with Crippen LogP contribution in [0.1, 0.15) is 12.5 Å². The lowest BCUT2D eigenvalue weighted by atomic mass is 10.2. The molecule has 0 aliphatic carbocycles. The van der Waals surface area contributed by atoms with Crippen molar-refractivity contribution < 1.29 is 9.47 Å². The van der Waals surface area contributed by atoms with Crippen LogP contribution in [0, 0.1) is 0 Å². The van der Waals surface area contributed by atoms with Gasteiger partial charge in [-0.05, 0) is 19.1 Å². The fourth-order valence-electron chi connectivity index (χ4n) is 0.992. The molecule has 0 aliphatic rings. The fraction of sp³-hybridized carbons (Fsp3) is 0.400. The van der Waals surface area contributed by atoms with Crippen molar-refractivity contribution in [3.8, 4) is 5.75 Å². The third-order valence-electron chi connectivity index (χ3n) is 1.71. The molecule has 0 bridgehead atoms. The predicted octanol–water partition coefficient (Wildman–Crippen LogP) is 3.61. The number of halogens is 2. The molecule has 4 heteroatoms. The summed E-state index contributed by atoms with van der Waals surface area (Å²) in [6.07, 6.45) is 0. The van der Waals surface area contributed by atoms with Crippen molar-refractivity contribution in [1.82, 2.24) is 0 Å². The van der Waals surface area contributed by atoms with Crippen LogP contribution in [0.3, 0.4) is 0 Å². The zero-order valence-electron chi connectivity index (χ0n) is 7.93. The van der Waals surface area contributed by atoms with Gasteiger partial charge in [-0.15, -0.1) is 0 Å². The van der Waals surface area contributed by atoms with Gasteiger partial charge >= 0.3 is 0 Å². The van der Waals surface area contributed by atoms with Crippen LogP contribution >= 0.6 is 27.5 Å². The molecule has 1 rings (SSSR count). The lowest BCUT2D eigenvalue weighted by molar-refractivity contribution is 0.0220. The van der Waals surface area contributed by atoms with E-state index < -0.39 is 0 Å². The summed E-state index contributed by atoms with van der Waals surface area (Å²) >= 11 is 9.35. The molecule has 14 heavy (non-hydrogen) atoms. The third-order valence-corrected chi connectivity index (χ3v) is 2.63. The van der Waals surface area contributed by atoms with Gasteiger partial charge in [0.1, 0.15) is 5.75 Å². The highest BCUT2D eigenvalue weighted by molar-refractivity contribution is 9.08. The first-order chi connectivity index (χ1) is 6.79. The lowest BCUT2D eigenvalue weighted by Gasteiger charge is -2.10. The summed E-state index contributed by atoms with van der Waals surface area (Å²) < 4.78 is 10.5. The number of benzene rings is 1. The van der Waals surface area contributed by atoms with Crippen LogP contribution in [-0.4, -0.2) is 13.4 Å². The van der Waals surface area contributed by atoms with Crippen molar-refractivity contribution >= 4 is 27.5 Å². The van der Waals surface area contributed by atoms with Crippen molar-refractivity contribution in [3.63, 3.8) is 0 Å². The molecule has 0 radical (unpaired) electrons. The van der Waals surface area contributed by atoms with Gasteiger partial charge in [0.2, 0.25) is 0 Å². The summed E-state index contributed by atoms with van der Waals surface area (Å²) in [4.78, 5) is 0. The minimum absolute atomic E-state index is 0.261. The van der Waals surface area contributed by atoms with Gasteiger partial charge in [0.05, 0.1) is 0 Å². The molecule has 0 saturated carbocycles. The first-order valence-corrected chi connectivity index (χ1v) is 5.83. The summed E-state index contributed by atoms with van der Waals surface area (Å²) in [5, 5.41) is 1.38. The Balaban J connectivity index is 2.70. The molecule has 0 N–H and O–H groups in total. The van der Waals surface area contributed by atoms with E-state index in [9.17, 15) is 0 Å². The topological polar surface area (TPSA) is 18.5 Å². The molecule has 1 aromatic carbocycles. The Kier molecular flexibility index (Phi) is 5.30. The molecule has 0 heterocycles. The summed E-state index contributed by atoms with van der Waals surface area (Å²) in [7, 11) is 0. The predicted molar refractivity (Wildman–Crippen MR) is 61.2 cm³/mol. The molecule has 2 nitrogen and oxygen atoms in total. The van der Waals surface area contributed by atoms with E-state index in [1.807, 2.05) is 25.1 Å². The highest BCUT2D eigenvalue weighted by Gasteiger charge is 2.06. The minimum Gasteiger partial charge on any atom is -0.467 e. The smallest absolute Gasteiger partial charge is 0.189 e. The standard InChI is InChI=1S/C10H12BrClO2/c1-2-13-7-14-10-5-3-4-9(12)8(10)6-11/h3-5H,2,6-7H2,1H3. The van der Waals surface area contributed by atoms with Gasteiger partial charge in [0.15, 0.2) is 6.79 Å². The summed E-state index contributed by atoms with van der Waals surface area (Å²) in [5.74, 6) is 0.767. The molecule has 0 saturated heterocycles. The van der Waals surface area contributed by atoms with E-state index in [0.29, 0.717) is 17.0 Å². The number of hydrogen-bond acceptors (Lipinski definition) is 2. The molecule has 0 spiro atoms. The molecule has 0 amide bonds. The van der Waals surface area contributed by atoms with Crippen molar-refractivity contribution in [2.24, 2.45) is 0 Å². The van der Waals surface area contributed by atoms with Gasteiger partial charge in [0.25, 0.3) is 0 Å². The van der Waals surface area contributed by atoms with E-state index in [1.54, 1.807) is 0 Å². The van der Waals surface area contributed by atoms with Crippen LogP contribution in [0.5, 0.6) is 5.75 Å². The minimum atomic E-state index is 0.261. The molecule has 0 fully saturated rings. The Morgan fingerprint density at radius 1 is 1.43 bits per heavy atom. The van der Waals surface area contributed by atoms with Gasteiger partial charge < -0.3 is 9.47 Å². The molecule has 0 aliphatic heterocycles. The SMILES string of the molecule is CCOCOc1cccc(Cl)c1CBr. The van der Waals surface area contributed by atoms with Crippen LogP contribution in [-0.2, 0) is 10.1 Å². The zero-order valence-corrected chi connectivity index (χ0v) is 10.3. The van der Waals surface area contributed by atoms with E-state index in [4.69, 9.17) is 21.1 Å². The second kappa shape index (κ2) is 6.27. The number of rotatable bonds is 5. The molecule has 78 valence electrons. The van der Waals surface area contributed by atoms with Gasteiger partial charge in [-0.2, -0.15) is 0 Å². The molecular formula is C10H12BrClO2. The summed E-state index contributed by atoms with van der Waals surface area (Å²) in [5.41, 5.74) is 0.953. The van der Waals surface area contributed by atoms with Gasteiger partial charge in [-0.1, -0.05) is 33.6 Å². The summed E-state index contributed by atoms with van der Waals surface area (Å²) in [6, 6.07) is 5.57. The Morgan fingerprint density at radius 3 is 2.86 bits per heavy atom. The van der Waals surface area contributed by atoms with Crippen molar-refractivity contribution in [2.75, 3.05) is 13.4 Å². The average Bonchev–Trinajstić information content (AvgIpc) is 2.18. The molecule has 1 aromatic rings. The van der Waals surface area contributed by atoms with E-state index >= 15 is 0 Å². The highest BCUT2D eigenvalue weighted by atomic mass is 79.9. The Labute approximate surface area is 97.3 Å². The van der Waals surface area contributed by atoms with Crippen molar-refractivity contribution in [1.29, 1.82) is 0 Å². The zero-order chi connectivity index (χ0) is 10.4. The van der Waals surface area contributed by atoms with E-state index in [1.165, 1.54) is 0 Å². The lowest BCUT2D eigenvalue weighted by Crippen LogP contribution is -2.03. The quantitative estimate of drug-likeness (QED) is 0.466. The Bertz CT molecular complexity index is 291. The third kappa shape index (κ3) is 3.15. The molecule has 0 aromatic heterocycles. The maximum Gasteiger partial charge on any atom is 0.189 e. The Morgan fingerprint density at radius 2 is 2.21 bits per heavy atom. The normalized spacial score (nSPS) is 10.2. The van der Waals surface area contributed by atoms with E-state index in [-0.39, 0.29) is 6.79 Å². The maximum atomic E-state index is 5.99. The van der Waals surface area contributed by atoms with Crippen LogP contribution in [0.25, 0.3) is 0 Å². The number of ether oxygens (including phenoxy) is 2. The van der Waals surface area contributed by atoms with Crippen molar-refractivity contribution in [3.05, 3.63) is 28.8 Å². The van der Waals surface area contributed by atoms with E-state index in [2.05, 4.69) is 15.9 Å². The van der Waals surface area contributed by atoms with Crippen LogP contribution < -0.4 is 4.74 Å². The average molecular weight is 280 g/mol. The Hall–Kier alpha value is -0.250. The van der Waals surface area contributed by atoms with Gasteiger partial charge in [-0.25, -0.2) is 0 Å². The maximum absolute atomic E-state index is 5.99. The molecule has 0 unspecified atom stereocenters. The molecule has 0 atom stereocenters. The first kappa shape index (κ1) is 11.8. The van der Waals surface area contributed by atoms with E-state index in [0.717, 1.165) is 11.3 Å². The van der Waals surface area contributed by atoms with Crippen LogP contribution in [0.2, 0.25) is 5.02 Å². The monoisotopic (exact) mass is 278 g/mol. The fourth-order valence-corrected chi connectivity index (χ4v) is 1.96. The second-order valence-electron chi connectivity index (χ2n) is 2.61. The summed E-state index contributed by atoms with van der Waals surface area (Å²) in [6.45, 7) is 2.83. The van der Waals surface area contributed by atoms with Crippen LogP contribution in [0.4, 0.5) is 0 Å². The number of alkyl halides is 1. The van der Waals surface area contributed by atoms with Crippen molar-refractivity contribution in [2.45, 2.75) is 12.3 Å². The first-order valence-electron chi connectivity index (χ1n) is 4.33. The second-order valence-corrected chi connectivity index (χ2v) is 3.57. The van der Waals surface area contributed by atoms with Gasteiger partial charge in [-0.3, -0.25) is 0 Å². The number of hydrogen-bond donors (Lipinski definition) is 0. The van der Waals surface area contributed by atoms with Crippen LogP contribution in [0.15, 0.2) is 18.2 Å². The largest absolute Gasteiger partial charge is 0.467 e. The highest BCUT2D eigenvalue weighted by Crippen LogP contribution is 2.28.